The van der Waals surface area contributed by atoms with E-state index in [1.165, 1.54) is 18.7 Å². The molecule has 3 unspecified atom stereocenters. The molecule has 26 heavy (non-hydrogen) atoms. The van der Waals surface area contributed by atoms with Crippen LogP contribution in [0.3, 0.4) is 0 Å². The van der Waals surface area contributed by atoms with E-state index in [1.54, 1.807) is 0 Å². The van der Waals surface area contributed by atoms with Gasteiger partial charge in [0.2, 0.25) is 0 Å². The summed E-state index contributed by atoms with van der Waals surface area (Å²) in [6.45, 7) is 1.69. The molecular formula is C18H19N3O5. The lowest BCUT2D eigenvalue weighted by Crippen LogP contribution is -2.56. The van der Waals surface area contributed by atoms with E-state index in [0.29, 0.717) is 5.56 Å². The van der Waals surface area contributed by atoms with Gasteiger partial charge in [-0.05, 0) is 12.5 Å². The van der Waals surface area contributed by atoms with Crippen LogP contribution in [0.25, 0.3) is 0 Å². The second-order valence-corrected chi connectivity index (χ2v) is 6.99. The predicted molar refractivity (Wildman–Crippen MR) is 93.0 cm³/mol. The number of hydrogen-bond donors (Lipinski definition) is 2. The summed E-state index contributed by atoms with van der Waals surface area (Å²) in [6.07, 6.45) is 0. The van der Waals surface area contributed by atoms with Gasteiger partial charge < -0.3 is 15.2 Å². The van der Waals surface area contributed by atoms with Crippen molar-refractivity contribution in [3.8, 4) is 0 Å². The fraction of sp³-hybridized carbons (Fsp3) is 0.389. The first-order chi connectivity index (χ1) is 12.2. The maximum Gasteiger partial charge on any atom is 0.332 e. The van der Waals surface area contributed by atoms with Gasteiger partial charge in [0, 0.05) is 20.0 Å². The number of carbonyl (C=O) groups is 1. The highest BCUT2D eigenvalue weighted by Gasteiger charge is 2.58. The summed E-state index contributed by atoms with van der Waals surface area (Å²) in [5, 5.41) is 13.8. The van der Waals surface area contributed by atoms with E-state index in [-0.39, 0.29) is 18.0 Å². The van der Waals surface area contributed by atoms with Crippen molar-refractivity contribution in [1.29, 1.82) is 0 Å². The van der Waals surface area contributed by atoms with Gasteiger partial charge in [0.15, 0.2) is 5.72 Å². The Labute approximate surface area is 148 Å². The van der Waals surface area contributed by atoms with E-state index >= 15 is 0 Å². The standard InChI is InChI=1S/C18H19N3O5/c1-9-4-6-10(7-5-9)11-12-14(20(2)17(24)21(3)15(12)22)19-18(25)8-26-16(23)13(11)18/h4-7,11,13,19,25H,8H2,1-3H3. The fourth-order valence-corrected chi connectivity index (χ4v) is 3.89. The molecule has 8 nitrogen and oxygen atoms in total. The number of aliphatic hydroxyl groups is 1. The van der Waals surface area contributed by atoms with Crippen molar-refractivity contribution < 1.29 is 14.6 Å². The van der Waals surface area contributed by atoms with Gasteiger partial charge in [-0.25, -0.2) is 4.79 Å². The van der Waals surface area contributed by atoms with E-state index in [4.69, 9.17) is 4.74 Å². The quantitative estimate of drug-likeness (QED) is 0.686. The summed E-state index contributed by atoms with van der Waals surface area (Å²) in [5.41, 5.74) is -0.695. The van der Waals surface area contributed by atoms with Crippen molar-refractivity contribution in [2.75, 3.05) is 11.9 Å². The van der Waals surface area contributed by atoms with Crippen molar-refractivity contribution in [1.82, 2.24) is 9.13 Å². The summed E-state index contributed by atoms with van der Waals surface area (Å²) in [7, 11) is 2.91. The Hall–Kier alpha value is -2.87. The number of ether oxygens (including phenoxy) is 1. The minimum Gasteiger partial charge on any atom is -0.460 e. The van der Waals surface area contributed by atoms with Crippen molar-refractivity contribution >= 4 is 11.8 Å². The van der Waals surface area contributed by atoms with Gasteiger partial charge in [-0.2, -0.15) is 0 Å². The Kier molecular flexibility index (Phi) is 3.39. The third kappa shape index (κ3) is 2.08. The van der Waals surface area contributed by atoms with E-state index in [2.05, 4.69) is 5.32 Å². The molecular weight excluding hydrogens is 338 g/mol. The Morgan fingerprint density at radius 3 is 2.46 bits per heavy atom. The molecule has 3 heterocycles. The number of rotatable bonds is 1. The van der Waals surface area contributed by atoms with Gasteiger partial charge >= 0.3 is 11.7 Å². The molecule has 1 fully saturated rings. The third-order valence-corrected chi connectivity index (χ3v) is 5.32. The largest absolute Gasteiger partial charge is 0.460 e. The van der Waals surface area contributed by atoms with Gasteiger partial charge in [0.25, 0.3) is 5.56 Å². The molecule has 8 heteroatoms. The molecule has 136 valence electrons. The molecule has 4 rings (SSSR count). The highest BCUT2D eigenvalue weighted by atomic mass is 16.6. The molecule has 0 spiro atoms. The van der Waals surface area contributed by atoms with Crippen LogP contribution in [-0.4, -0.2) is 32.5 Å². The first kappa shape index (κ1) is 16.6. The van der Waals surface area contributed by atoms with E-state index in [1.807, 2.05) is 31.2 Å². The van der Waals surface area contributed by atoms with Crippen LogP contribution in [-0.2, 0) is 23.6 Å². The van der Waals surface area contributed by atoms with Crippen LogP contribution in [0.1, 0.15) is 22.6 Å². The van der Waals surface area contributed by atoms with Gasteiger partial charge in [-0.3, -0.25) is 18.7 Å². The van der Waals surface area contributed by atoms with Gasteiger partial charge in [-0.1, -0.05) is 29.8 Å². The highest BCUT2D eigenvalue weighted by Crippen LogP contribution is 2.47. The Bertz CT molecular complexity index is 1040. The number of cyclic esters (lactones) is 1. The van der Waals surface area contributed by atoms with Crippen LogP contribution in [0.15, 0.2) is 33.9 Å². The van der Waals surface area contributed by atoms with Crippen molar-refractivity contribution in [3.05, 3.63) is 61.8 Å². The number of hydrogen-bond acceptors (Lipinski definition) is 6. The summed E-state index contributed by atoms with van der Waals surface area (Å²) in [6, 6.07) is 7.41. The van der Waals surface area contributed by atoms with Crippen LogP contribution < -0.4 is 16.6 Å². The topological polar surface area (TPSA) is 103 Å². The fourth-order valence-electron chi connectivity index (χ4n) is 3.89. The Morgan fingerprint density at radius 2 is 1.81 bits per heavy atom. The first-order valence-corrected chi connectivity index (χ1v) is 8.28. The summed E-state index contributed by atoms with van der Waals surface area (Å²) in [5.74, 6) is -2.08. The minimum atomic E-state index is -1.68. The zero-order valence-corrected chi connectivity index (χ0v) is 14.6. The van der Waals surface area contributed by atoms with Crippen LogP contribution in [0.4, 0.5) is 5.82 Å². The molecule has 0 amide bonds. The normalized spacial score (nSPS) is 26.7. The Balaban J connectivity index is 2.08. The molecule has 0 saturated carbocycles. The third-order valence-electron chi connectivity index (χ3n) is 5.32. The molecule has 2 aliphatic heterocycles. The number of anilines is 1. The van der Waals surface area contributed by atoms with E-state index in [9.17, 15) is 19.5 Å². The lowest BCUT2D eigenvalue weighted by molar-refractivity contribution is -0.141. The number of aromatic nitrogens is 2. The highest BCUT2D eigenvalue weighted by molar-refractivity contribution is 5.81. The number of nitrogens with zero attached hydrogens (tertiary/aromatic N) is 2. The minimum absolute atomic E-state index is 0.209. The molecule has 2 aromatic rings. The molecule has 3 atom stereocenters. The molecule has 0 radical (unpaired) electrons. The summed E-state index contributed by atoms with van der Waals surface area (Å²) in [4.78, 5) is 37.7. The number of aryl methyl sites for hydroxylation is 1. The van der Waals surface area contributed by atoms with Crippen LogP contribution in [0, 0.1) is 12.8 Å². The maximum absolute atomic E-state index is 12.9. The van der Waals surface area contributed by atoms with E-state index < -0.39 is 34.8 Å². The molecule has 2 N–H and O–H groups in total. The van der Waals surface area contributed by atoms with Crippen LogP contribution >= 0.6 is 0 Å². The monoisotopic (exact) mass is 357 g/mol. The van der Waals surface area contributed by atoms with Crippen molar-refractivity contribution in [2.24, 2.45) is 20.0 Å². The lowest BCUT2D eigenvalue weighted by atomic mass is 9.74. The van der Waals surface area contributed by atoms with Crippen molar-refractivity contribution in [3.63, 3.8) is 0 Å². The number of carbonyl (C=O) groups excluding carboxylic acids is 1. The molecule has 0 aliphatic carbocycles. The number of nitrogens with one attached hydrogen (secondary N) is 1. The smallest absolute Gasteiger partial charge is 0.332 e. The van der Waals surface area contributed by atoms with Crippen molar-refractivity contribution in [2.45, 2.75) is 18.6 Å². The van der Waals surface area contributed by atoms with E-state index in [0.717, 1.165) is 10.1 Å². The van der Waals surface area contributed by atoms with Crippen LogP contribution in [0.5, 0.6) is 0 Å². The molecule has 1 saturated heterocycles. The lowest BCUT2D eigenvalue weighted by Gasteiger charge is -2.40. The van der Waals surface area contributed by atoms with Gasteiger partial charge in [0.05, 0.1) is 5.56 Å². The molecule has 2 aliphatic rings. The maximum atomic E-state index is 12.9. The Morgan fingerprint density at radius 1 is 1.15 bits per heavy atom. The SMILES string of the molecule is Cc1ccc(C2c3c(n(C)c(=O)n(C)c3=O)NC3(O)COC(=O)C23)cc1. The van der Waals surface area contributed by atoms with Gasteiger partial charge in [-0.15, -0.1) is 0 Å². The summed E-state index contributed by atoms with van der Waals surface area (Å²) >= 11 is 0. The predicted octanol–water partition coefficient (Wildman–Crippen LogP) is -0.189. The van der Waals surface area contributed by atoms with Gasteiger partial charge in [0.1, 0.15) is 18.3 Å². The molecule has 1 aromatic carbocycles. The second kappa shape index (κ2) is 5.31. The zero-order valence-electron chi connectivity index (χ0n) is 14.6. The zero-order chi connectivity index (χ0) is 18.8. The van der Waals surface area contributed by atoms with Crippen LogP contribution in [0.2, 0.25) is 0 Å². The average Bonchev–Trinajstić information content (AvgIpc) is 2.92. The number of benzene rings is 1. The molecule has 1 aromatic heterocycles. The summed E-state index contributed by atoms with van der Waals surface area (Å²) < 4.78 is 7.38. The number of fused-ring (bicyclic) bond motifs is 2. The average molecular weight is 357 g/mol. The number of esters is 1. The first-order valence-electron chi connectivity index (χ1n) is 8.28. The second-order valence-electron chi connectivity index (χ2n) is 6.99. The molecule has 0 bridgehead atoms.